The van der Waals surface area contributed by atoms with Crippen LogP contribution in [0.4, 0.5) is 0 Å². The Morgan fingerprint density at radius 1 is 0.404 bits per heavy atom. The summed E-state index contributed by atoms with van der Waals surface area (Å²) in [6, 6.07) is 61.3. The SMILES string of the molecule is Cc1cccc(-c2cc(-c3ccc4ccc5c(-c6ccc(C(C)(C)C)cc6)ccc6ccc3c4c65)cc(-n3c4ccccc4c4ccccc43)c2)c1. The van der Waals surface area contributed by atoms with Crippen molar-refractivity contribution in [3.05, 3.63) is 175 Å². The van der Waals surface area contributed by atoms with Crippen LogP contribution in [0.25, 0.3) is 93.2 Å². The number of hydrogen-bond acceptors (Lipinski definition) is 0. The van der Waals surface area contributed by atoms with Crippen molar-refractivity contribution in [3.63, 3.8) is 0 Å². The van der Waals surface area contributed by atoms with Crippen molar-refractivity contribution in [1.82, 2.24) is 4.57 Å². The van der Waals surface area contributed by atoms with Gasteiger partial charge in [0.2, 0.25) is 0 Å². The zero-order valence-corrected chi connectivity index (χ0v) is 30.0. The average Bonchev–Trinajstić information content (AvgIpc) is 3.51. The van der Waals surface area contributed by atoms with Gasteiger partial charge in [-0.3, -0.25) is 0 Å². The van der Waals surface area contributed by atoms with Gasteiger partial charge in [-0.15, -0.1) is 0 Å². The van der Waals surface area contributed by atoms with E-state index in [0.717, 1.165) is 5.69 Å². The van der Waals surface area contributed by atoms with Gasteiger partial charge in [-0.05, 0) is 114 Å². The van der Waals surface area contributed by atoms with Gasteiger partial charge in [-0.2, -0.15) is 0 Å². The molecular formula is C51H39N. The predicted molar refractivity (Wildman–Crippen MR) is 224 cm³/mol. The lowest BCUT2D eigenvalue weighted by atomic mass is 9.84. The van der Waals surface area contributed by atoms with Crippen molar-refractivity contribution < 1.29 is 0 Å². The number of fused-ring (bicyclic) bond motifs is 3. The minimum absolute atomic E-state index is 0.121. The molecule has 0 atom stereocenters. The summed E-state index contributed by atoms with van der Waals surface area (Å²) in [7, 11) is 0. The quantitative estimate of drug-likeness (QED) is 0.165. The Balaban J connectivity index is 1.23. The number of nitrogens with zero attached hydrogens (tertiary/aromatic N) is 1. The van der Waals surface area contributed by atoms with E-state index in [4.69, 9.17) is 0 Å². The number of aromatic nitrogens is 1. The minimum atomic E-state index is 0.121. The van der Waals surface area contributed by atoms with E-state index in [1.165, 1.54) is 98.6 Å². The van der Waals surface area contributed by atoms with Crippen molar-refractivity contribution in [1.29, 1.82) is 0 Å². The first-order valence-electron chi connectivity index (χ1n) is 18.3. The number of benzene rings is 9. The fraction of sp³-hybridized carbons (Fsp3) is 0.0980. The second-order valence-corrected chi connectivity index (χ2v) is 15.5. The molecule has 10 aromatic rings. The third-order valence-corrected chi connectivity index (χ3v) is 11.1. The standard InChI is InChI=1S/C51H39N/c1-32-10-9-11-36(28-32)37-29-38(31-40(30-37)52-47-14-7-5-12-43(47)44-13-6-8-15-48(44)52)42-25-19-35-20-26-45-41(33-16-22-39(23-17-33)51(2,3)4)24-18-34-21-27-46(42)50(35)49(34)45/h5-31H,1-4H3. The second-order valence-electron chi connectivity index (χ2n) is 15.5. The van der Waals surface area contributed by atoms with E-state index < -0.39 is 0 Å². The lowest BCUT2D eigenvalue weighted by molar-refractivity contribution is 0.590. The molecule has 1 heterocycles. The number of aryl methyl sites for hydroxylation is 1. The van der Waals surface area contributed by atoms with Gasteiger partial charge in [-0.25, -0.2) is 0 Å². The van der Waals surface area contributed by atoms with E-state index >= 15 is 0 Å². The Kier molecular flexibility index (Phi) is 6.73. The Morgan fingerprint density at radius 2 is 0.962 bits per heavy atom. The third kappa shape index (κ3) is 4.77. The highest BCUT2D eigenvalue weighted by atomic mass is 15.0. The molecule has 10 rings (SSSR count). The molecule has 0 saturated carbocycles. The molecule has 0 aliphatic rings. The van der Waals surface area contributed by atoms with Gasteiger partial charge in [0.1, 0.15) is 0 Å². The Labute approximate surface area is 304 Å². The summed E-state index contributed by atoms with van der Waals surface area (Å²) in [5.41, 5.74) is 13.8. The van der Waals surface area contributed by atoms with Crippen LogP contribution in [0.15, 0.2) is 164 Å². The molecule has 0 radical (unpaired) electrons. The maximum absolute atomic E-state index is 2.45. The van der Waals surface area contributed by atoms with Crippen molar-refractivity contribution >= 4 is 54.1 Å². The highest BCUT2D eigenvalue weighted by Crippen LogP contribution is 2.44. The lowest BCUT2D eigenvalue weighted by Gasteiger charge is -2.20. The lowest BCUT2D eigenvalue weighted by Crippen LogP contribution is -2.10. The smallest absolute Gasteiger partial charge is 0.0541 e. The van der Waals surface area contributed by atoms with Gasteiger partial charge in [0.15, 0.2) is 0 Å². The van der Waals surface area contributed by atoms with E-state index in [9.17, 15) is 0 Å². The maximum Gasteiger partial charge on any atom is 0.0541 e. The Hall–Kier alpha value is -6.18. The Morgan fingerprint density at radius 3 is 1.56 bits per heavy atom. The van der Waals surface area contributed by atoms with Crippen LogP contribution in [-0.2, 0) is 5.41 Å². The molecule has 9 aromatic carbocycles. The fourth-order valence-corrected chi connectivity index (χ4v) is 8.54. The molecule has 1 nitrogen and oxygen atoms in total. The first-order valence-corrected chi connectivity index (χ1v) is 18.3. The molecule has 0 aliphatic heterocycles. The summed E-state index contributed by atoms with van der Waals surface area (Å²) in [4.78, 5) is 0. The predicted octanol–water partition coefficient (Wildman–Crippen LogP) is 14.3. The molecule has 0 amide bonds. The van der Waals surface area contributed by atoms with Gasteiger partial charge < -0.3 is 4.57 Å². The molecule has 0 N–H and O–H groups in total. The van der Waals surface area contributed by atoms with Crippen LogP contribution in [0.3, 0.4) is 0 Å². The van der Waals surface area contributed by atoms with Gasteiger partial charge in [-0.1, -0.05) is 160 Å². The number of hydrogen-bond donors (Lipinski definition) is 0. The van der Waals surface area contributed by atoms with E-state index in [1.54, 1.807) is 0 Å². The monoisotopic (exact) mass is 665 g/mol. The first-order chi connectivity index (χ1) is 25.3. The normalized spacial score (nSPS) is 12.2. The van der Waals surface area contributed by atoms with Gasteiger partial charge >= 0.3 is 0 Å². The highest BCUT2D eigenvalue weighted by Gasteiger charge is 2.19. The van der Waals surface area contributed by atoms with Gasteiger partial charge in [0, 0.05) is 16.5 Å². The molecule has 0 unspecified atom stereocenters. The third-order valence-electron chi connectivity index (χ3n) is 11.1. The summed E-state index contributed by atoms with van der Waals surface area (Å²) in [5, 5.41) is 10.3. The number of para-hydroxylation sites is 2. The van der Waals surface area contributed by atoms with Gasteiger partial charge in [0.25, 0.3) is 0 Å². The Bertz CT molecular complexity index is 2930. The average molecular weight is 666 g/mol. The fourth-order valence-electron chi connectivity index (χ4n) is 8.54. The zero-order chi connectivity index (χ0) is 35.1. The minimum Gasteiger partial charge on any atom is -0.309 e. The van der Waals surface area contributed by atoms with E-state index in [0.29, 0.717) is 0 Å². The zero-order valence-electron chi connectivity index (χ0n) is 30.0. The summed E-state index contributed by atoms with van der Waals surface area (Å²) in [5.74, 6) is 0. The van der Waals surface area contributed by atoms with Crippen molar-refractivity contribution in [3.8, 4) is 39.1 Å². The van der Waals surface area contributed by atoms with Crippen LogP contribution in [0, 0.1) is 6.92 Å². The second kappa shape index (κ2) is 11.4. The maximum atomic E-state index is 2.45. The highest BCUT2D eigenvalue weighted by molar-refractivity contribution is 6.27. The molecule has 0 aliphatic carbocycles. The molecule has 1 aromatic heterocycles. The summed E-state index contributed by atoms with van der Waals surface area (Å²) >= 11 is 0. The van der Waals surface area contributed by atoms with Gasteiger partial charge in [0.05, 0.1) is 11.0 Å². The first kappa shape index (κ1) is 30.6. The molecule has 248 valence electrons. The molecular weight excluding hydrogens is 627 g/mol. The topological polar surface area (TPSA) is 4.93 Å². The molecule has 0 bridgehead atoms. The van der Waals surface area contributed by atoms with Crippen LogP contribution >= 0.6 is 0 Å². The van der Waals surface area contributed by atoms with Crippen LogP contribution in [0.2, 0.25) is 0 Å². The van der Waals surface area contributed by atoms with Crippen molar-refractivity contribution in [2.24, 2.45) is 0 Å². The molecule has 52 heavy (non-hydrogen) atoms. The molecule has 0 saturated heterocycles. The largest absolute Gasteiger partial charge is 0.309 e. The van der Waals surface area contributed by atoms with Crippen molar-refractivity contribution in [2.75, 3.05) is 0 Å². The van der Waals surface area contributed by atoms with Crippen LogP contribution in [0.5, 0.6) is 0 Å². The van der Waals surface area contributed by atoms with E-state index in [1.807, 2.05) is 0 Å². The molecule has 0 fully saturated rings. The van der Waals surface area contributed by atoms with Crippen LogP contribution in [-0.4, -0.2) is 4.57 Å². The van der Waals surface area contributed by atoms with Crippen LogP contribution < -0.4 is 0 Å². The van der Waals surface area contributed by atoms with Crippen LogP contribution in [0.1, 0.15) is 31.9 Å². The van der Waals surface area contributed by atoms with E-state index in [-0.39, 0.29) is 5.41 Å². The molecule has 1 heteroatoms. The summed E-state index contributed by atoms with van der Waals surface area (Å²) in [6.07, 6.45) is 0. The number of rotatable bonds is 4. The van der Waals surface area contributed by atoms with Crippen molar-refractivity contribution in [2.45, 2.75) is 33.1 Å². The summed E-state index contributed by atoms with van der Waals surface area (Å²) in [6.45, 7) is 9.00. The summed E-state index contributed by atoms with van der Waals surface area (Å²) < 4.78 is 2.45. The molecule has 0 spiro atoms. The van der Waals surface area contributed by atoms with E-state index in [2.05, 4.69) is 196 Å².